The lowest BCUT2D eigenvalue weighted by Gasteiger charge is -2.10. The highest BCUT2D eigenvalue weighted by atomic mass is 16.1. The van der Waals surface area contributed by atoms with Gasteiger partial charge in [0.1, 0.15) is 0 Å². The molecule has 18 heavy (non-hydrogen) atoms. The van der Waals surface area contributed by atoms with Gasteiger partial charge in [-0.2, -0.15) is 0 Å². The van der Waals surface area contributed by atoms with Gasteiger partial charge >= 0.3 is 0 Å². The molecule has 1 saturated carbocycles. The molecule has 0 atom stereocenters. The number of aryl methyl sites for hydroxylation is 1. The fraction of sp³-hybridized carbons (Fsp3) is 0.533. The molecule has 1 aromatic carbocycles. The first kappa shape index (κ1) is 13.1. The Morgan fingerprint density at radius 3 is 2.78 bits per heavy atom. The Balaban J connectivity index is 1.88. The van der Waals surface area contributed by atoms with E-state index in [1.54, 1.807) is 0 Å². The SMILES string of the molecule is CCNC(=O)CCc1cccc(CC2(N)CC2)c1. The third kappa shape index (κ3) is 3.84. The molecule has 0 heterocycles. The molecule has 0 saturated heterocycles. The zero-order valence-electron chi connectivity index (χ0n) is 11.0. The Bertz CT molecular complexity index is 424. The molecule has 3 N–H and O–H groups in total. The number of carbonyl (C=O) groups is 1. The highest BCUT2D eigenvalue weighted by molar-refractivity contribution is 5.76. The van der Waals surface area contributed by atoms with E-state index in [9.17, 15) is 4.79 Å². The van der Waals surface area contributed by atoms with Gasteiger partial charge in [0, 0.05) is 18.5 Å². The largest absolute Gasteiger partial charge is 0.356 e. The number of nitrogens with one attached hydrogen (secondary N) is 1. The lowest BCUT2D eigenvalue weighted by molar-refractivity contribution is -0.120. The van der Waals surface area contributed by atoms with Crippen molar-refractivity contribution in [3.63, 3.8) is 0 Å². The number of benzene rings is 1. The van der Waals surface area contributed by atoms with Crippen molar-refractivity contribution >= 4 is 5.91 Å². The molecule has 1 aliphatic rings. The van der Waals surface area contributed by atoms with Crippen molar-refractivity contribution in [3.05, 3.63) is 35.4 Å². The van der Waals surface area contributed by atoms with Gasteiger partial charge in [-0.25, -0.2) is 0 Å². The van der Waals surface area contributed by atoms with E-state index in [2.05, 4.69) is 29.6 Å². The minimum atomic E-state index is 0.0538. The minimum Gasteiger partial charge on any atom is -0.356 e. The normalized spacial score (nSPS) is 16.3. The molecule has 0 radical (unpaired) electrons. The third-order valence-corrected chi connectivity index (χ3v) is 3.45. The van der Waals surface area contributed by atoms with Crippen molar-refractivity contribution in [2.24, 2.45) is 5.73 Å². The van der Waals surface area contributed by atoms with E-state index in [1.165, 1.54) is 11.1 Å². The Morgan fingerprint density at radius 1 is 1.39 bits per heavy atom. The molecule has 1 aliphatic carbocycles. The first-order valence-electron chi connectivity index (χ1n) is 6.75. The molecule has 0 spiro atoms. The molecule has 0 bridgehead atoms. The molecule has 0 aromatic heterocycles. The van der Waals surface area contributed by atoms with Crippen LogP contribution in [0.5, 0.6) is 0 Å². The van der Waals surface area contributed by atoms with E-state index in [0.717, 1.165) is 25.7 Å². The topological polar surface area (TPSA) is 55.1 Å². The van der Waals surface area contributed by atoms with E-state index in [0.29, 0.717) is 13.0 Å². The Kier molecular flexibility index (Phi) is 4.02. The van der Waals surface area contributed by atoms with Gasteiger partial charge in [0.05, 0.1) is 0 Å². The highest BCUT2D eigenvalue weighted by Gasteiger charge is 2.37. The predicted octanol–water partition coefficient (Wildman–Crippen LogP) is 1.79. The van der Waals surface area contributed by atoms with Crippen molar-refractivity contribution in [2.75, 3.05) is 6.54 Å². The number of carbonyl (C=O) groups excluding carboxylic acids is 1. The number of amides is 1. The van der Waals surface area contributed by atoms with Gasteiger partial charge in [-0.1, -0.05) is 24.3 Å². The summed E-state index contributed by atoms with van der Waals surface area (Å²) in [5.41, 5.74) is 8.70. The molecule has 3 nitrogen and oxygen atoms in total. The molecule has 0 unspecified atom stereocenters. The maximum Gasteiger partial charge on any atom is 0.220 e. The summed E-state index contributed by atoms with van der Waals surface area (Å²) >= 11 is 0. The lowest BCUT2D eigenvalue weighted by Crippen LogP contribution is -2.24. The van der Waals surface area contributed by atoms with Crippen molar-refractivity contribution in [1.29, 1.82) is 0 Å². The first-order valence-corrected chi connectivity index (χ1v) is 6.75. The van der Waals surface area contributed by atoms with Gasteiger partial charge < -0.3 is 11.1 Å². The van der Waals surface area contributed by atoms with Crippen LogP contribution in [0.15, 0.2) is 24.3 Å². The van der Waals surface area contributed by atoms with E-state index in [4.69, 9.17) is 5.73 Å². The third-order valence-electron chi connectivity index (χ3n) is 3.45. The smallest absolute Gasteiger partial charge is 0.220 e. The minimum absolute atomic E-state index is 0.0538. The van der Waals surface area contributed by atoms with Crippen LogP contribution in [0.1, 0.15) is 37.3 Å². The second-order valence-electron chi connectivity index (χ2n) is 5.31. The van der Waals surface area contributed by atoms with Crippen molar-refractivity contribution in [1.82, 2.24) is 5.32 Å². The monoisotopic (exact) mass is 246 g/mol. The van der Waals surface area contributed by atoms with Crippen LogP contribution in [-0.2, 0) is 17.6 Å². The lowest BCUT2D eigenvalue weighted by atomic mass is 10.0. The van der Waals surface area contributed by atoms with Crippen molar-refractivity contribution < 1.29 is 4.79 Å². The van der Waals surface area contributed by atoms with Crippen LogP contribution in [-0.4, -0.2) is 18.0 Å². The summed E-state index contributed by atoms with van der Waals surface area (Å²) < 4.78 is 0. The predicted molar refractivity (Wildman–Crippen MR) is 73.3 cm³/mol. The van der Waals surface area contributed by atoms with E-state index < -0.39 is 0 Å². The quantitative estimate of drug-likeness (QED) is 0.804. The summed E-state index contributed by atoms with van der Waals surface area (Å²) in [6.45, 7) is 2.64. The fourth-order valence-electron chi connectivity index (χ4n) is 2.18. The zero-order valence-corrected chi connectivity index (χ0v) is 11.0. The van der Waals surface area contributed by atoms with Gasteiger partial charge in [-0.3, -0.25) is 4.79 Å². The molecular formula is C15H22N2O. The Labute approximate surface area is 109 Å². The summed E-state index contributed by atoms with van der Waals surface area (Å²) in [5.74, 6) is 0.125. The van der Waals surface area contributed by atoms with Crippen LogP contribution in [0.3, 0.4) is 0 Å². The van der Waals surface area contributed by atoms with Crippen LogP contribution in [0.2, 0.25) is 0 Å². The molecule has 1 amide bonds. The standard InChI is InChI=1S/C15H22N2O/c1-2-17-14(18)7-6-12-4-3-5-13(10-12)11-15(16)8-9-15/h3-5,10H,2,6-9,11,16H2,1H3,(H,17,18). The summed E-state index contributed by atoms with van der Waals surface area (Å²) in [6, 6.07) is 8.46. The second-order valence-corrected chi connectivity index (χ2v) is 5.31. The molecular weight excluding hydrogens is 224 g/mol. The highest BCUT2D eigenvalue weighted by Crippen LogP contribution is 2.35. The molecule has 98 valence electrons. The number of hydrogen-bond donors (Lipinski definition) is 2. The number of rotatable bonds is 6. The summed E-state index contributed by atoms with van der Waals surface area (Å²) in [6.07, 6.45) is 4.59. The average Bonchev–Trinajstić information content (AvgIpc) is 3.05. The van der Waals surface area contributed by atoms with E-state index >= 15 is 0 Å². The van der Waals surface area contributed by atoms with Gasteiger partial charge in [-0.15, -0.1) is 0 Å². The van der Waals surface area contributed by atoms with Crippen LogP contribution < -0.4 is 11.1 Å². The Morgan fingerprint density at radius 2 is 2.11 bits per heavy atom. The zero-order chi connectivity index (χ0) is 13.0. The second kappa shape index (κ2) is 5.53. The van der Waals surface area contributed by atoms with Crippen molar-refractivity contribution in [3.8, 4) is 0 Å². The number of hydrogen-bond acceptors (Lipinski definition) is 2. The van der Waals surface area contributed by atoms with Gasteiger partial charge in [-0.05, 0) is 43.7 Å². The van der Waals surface area contributed by atoms with Gasteiger partial charge in [0.15, 0.2) is 0 Å². The number of nitrogens with two attached hydrogens (primary N) is 1. The summed E-state index contributed by atoms with van der Waals surface area (Å²) in [7, 11) is 0. The first-order chi connectivity index (χ1) is 8.61. The molecule has 0 aliphatic heterocycles. The van der Waals surface area contributed by atoms with Crippen LogP contribution in [0, 0.1) is 0 Å². The molecule has 2 rings (SSSR count). The molecule has 3 heteroatoms. The molecule has 1 fully saturated rings. The van der Waals surface area contributed by atoms with E-state index in [-0.39, 0.29) is 11.4 Å². The van der Waals surface area contributed by atoms with E-state index in [1.807, 2.05) is 6.92 Å². The Hall–Kier alpha value is -1.35. The fourth-order valence-corrected chi connectivity index (χ4v) is 2.18. The van der Waals surface area contributed by atoms with Gasteiger partial charge in [0.25, 0.3) is 0 Å². The van der Waals surface area contributed by atoms with Crippen LogP contribution in [0.4, 0.5) is 0 Å². The van der Waals surface area contributed by atoms with Crippen molar-refractivity contribution in [2.45, 2.75) is 44.6 Å². The molecule has 1 aromatic rings. The maximum atomic E-state index is 11.4. The summed E-state index contributed by atoms with van der Waals surface area (Å²) in [4.78, 5) is 11.4. The summed E-state index contributed by atoms with van der Waals surface area (Å²) in [5, 5.41) is 2.82. The maximum absolute atomic E-state index is 11.4. The van der Waals surface area contributed by atoms with Crippen LogP contribution >= 0.6 is 0 Å². The van der Waals surface area contributed by atoms with Gasteiger partial charge in [0.2, 0.25) is 5.91 Å². The average molecular weight is 246 g/mol. The van der Waals surface area contributed by atoms with Crippen LogP contribution in [0.25, 0.3) is 0 Å².